The first-order valence-corrected chi connectivity index (χ1v) is 12.2. The standard InChI is InChI=1S/C30H34N2O2/c1-4-23(2)25-14-18-27(19-15-25)34-22-8-7-21-32-29-10-6-5-9-28(29)31-30(32)20-13-24-11-16-26(33-3)17-12-24/h5-6,9-20,23H,4,7-8,21-22H2,1-3H3/b20-13+. The number of imidazole rings is 1. The van der Waals surface area contributed by atoms with E-state index in [2.05, 4.69) is 85.2 Å². The highest BCUT2D eigenvalue weighted by Crippen LogP contribution is 2.22. The highest BCUT2D eigenvalue weighted by Gasteiger charge is 2.08. The highest BCUT2D eigenvalue weighted by molar-refractivity contribution is 5.79. The van der Waals surface area contributed by atoms with Crippen LogP contribution < -0.4 is 9.47 Å². The van der Waals surface area contributed by atoms with Gasteiger partial charge in [0, 0.05) is 6.54 Å². The minimum atomic E-state index is 0.590. The van der Waals surface area contributed by atoms with Crippen LogP contribution in [0.5, 0.6) is 11.5 Å². The monoisotopic (exact) mass is 454 g/mol. The summed E-state index contributed by atoms with van der Waals surface area (Å²) >= 11 is 0. The third-order valence-electron chi connectivity index (χ3n) is 6.33. The van der Waals surface area contributed by atoms with Gasteiger partial charge in [-0.25, -0.2) is 4.98 Å². The molecule has 0 saturated carbocycles. The molecule has 176 valence electrons. The lowest BCUT2D eigenvalue weighted by Crippen LogP contribution is -2.04. The van der Waals surface area contributed by atoms with Crippen molar-refractivity contribution < 1.29 is 9.47 Å². The Bertz CT molecular complexity index is 1210. The van der Waals surface area contributed by atoms with E-state index < -0.39 is 0 Å². The summed E-state index contributed by atoms with van der Waals surface area (Å²) in [6.07, 6.45) is 7.36. The molecule has 0 bridgehead atoms. The summed E-state index contributed by atoms with van der Waals surface area (Å²) in [4.78, 5) is 4.86. The van der Waals surface area contributed by atoms with Gasteiger partial charge in [0.25, 0.3) is 0 Å². The molecule has 0 aliphatic carbocycles. The lowest BCUT2D eigenvalue weighted by atomic mass is 9.99. The number of nitrogens with zero attached hydrogens (tertiary/aromatic N) is 2. The van der Waals surface area contributed by atoms with Crippen molar-refractivity contribution in [3.8, 4) is 11.5 Å². The largest absolute Gasteiger partial charge is 0.497 e. The average Bonchev–Trinajstić information content (AvgIpc) is 3.25. The summed E-state index contributed by atoms with van der Waals surface area (Å²) < 4.78 is 13.5. The number of unbranched alkanes of at least 4 members (excludes halogenated alkanes) is 1. The molecule has 0 saturated heterocycles. The van der Waals surface area contributed by atoms with Gasteiger partial charge >= 0.3 is 0 Å². The van der Waals surface area contributed by atoms with Crippen LogP contribution in [0.3, 0.4) is 0 Å². The Hall–Kier alpha value is -3.53. The molecule has 0 spiro atoms. The Balaban J connectivity index is 1.37. The van der Waals surface area contributed by atoms with Gasteiger partial charge in [0.1, 0.15) is 17.3 Å². The molecule has 0 aliphatic heterocycles. The van der Waals surface area contributed by atoms with Gasteiger partial charge in [0.15, 0.2) is 0 Å². The van der Waals surface area contributed by atoms with Crippen LogP contribution in [0.25, 0.3) is 23.2 Å². The summed E-state index contributed by atoms with van der Waals surface area (Å²) in [5, 5.41) is 0. The van der Waals surface area contributed by atoms with Gasteiger partial charge in [-0.3, -0.25) is 0 Å². The Morgan fingerprint density at radius 1 is 0.882 bits per heavy atom. The zero-order valence-electron chi connectivity index (χ0n) is 20.4. The number of methoxy groups -OCH3 is 1. The van der Waals surface area contributed by atoms with Crippen LogP contribution in [-0.4, -0.2) is 23.3 Å². The quantitative estimate of drug-likeness (QED) is 0.219. The number of ether oxygens (including phenoxy) is 2. The molecule has 34 heavy (non-hydrogen) atoms. The molecule has 1 atom stereocenters. The molecule has 4 heteroatoms. The van der Waals surface area contributed by atoms with Gasteiger partial charge in [-0.15, -0.1) is 0 Å². The number of hydrogen-bond donors (Lipinski definition) is 0. The molecule has 4 nitrogen and oxygen atoms in total. The molecular formula is C30H34N2O2. The second kappa shape index (κ2) is 11.6. The Morgan fingerprint density at radius 3 is 2.35 bits per heavy atom. The Labute approximate surface area is 202 Å². The third kappa shape index (κ3) is 5.88. The first-order chi connectivity index (χ1) is 16.7. The first kappa shape index (κ1) is 23.6. The van der Waals surface area contributed by atoms with Crippen LogP contribution in [0.15, 0.2) is 72.8 Å². The molecule has 0 radical (unpaired) electrons. The molecule has 0 fully saturated rings. The van der Waals surface area contributed by atoms with E-state index in [1.165, 1.54) is 11.1 Å². The summed E-state index contributed by atoms with van der Waals surface area (Å²) in [5.41, 5.74) is 4.68. The second-order valence-electron chi connectivity index (χ2n) is 8.65. The average molecular weight is 455 g/mol. The summed E-state index contributed by atoms with van der Waals surface area (Å²) in [7, 11) is 1.68. The highest BCUT2D eigenvalue weighted by atomic mass is 16.5. The maximum absolute atomic E-state index is 5.99. The molecule has 1 heterocycles. The fraction of sp³-hybridized carbons (Fsp3) is 0.300. The van der Waals surface area contributed by atoms with Crippen molar-refractivity contribution in [1.29, 1.82) is 0 Å². The molecule has 0 amide bonds. The number of rotatable bonds is 11. The van der Waals surface area contributed by atoms with Gasteiger partial charge in [-0.05, 0) is 78.8 Å². The molecule has 4 rings (SSSR count). The first-order valence-electron chi connectivity index (χ1n) is 12.2. The van der Waals surface area contributed by atoms with E-state index in [0.29, 0.717) is 12.5 Å². The zero-order chi connectivity index (χ0) is 23.8. The predicted octanol–water partition coefficient (Wildman–Crippen LogP) is 7.59. The fourth-order valence-electron chi connectivity index (χ4n) is 4.03. The van der Waals surface area contributed by atoms with Crippen molar-refractivity contribution in [2.24, 2.45) is 0 Å². The Morgan fingerprint density at radius 2 is 1.62 bits per heavy atom. The van der Waals surface area contributed by atoms with Gasteiger partial charge in [-0.2, -0.15) is 0 Å². The topological polar surface area (TPSA) is 36.3 Å². The number of aromatic nitrogens is 2. The van der Waals surface area contributed by atoms with Gasteiger partial charge in [0.05, 0.1) is 24.8 Å². The number of hydrogen-bond acceptors (Lipinski definition) is 3. The van der Waals surface area contributed by atoms with Crippen LogP contribution in [0.4, 0.5) is 0 Å². The number of para-hydroxylation sites is 2. The van der Waals surface area contributed by atoms with Crippen molar-refractivity contribution in [2.75, 3.05) is 13.7 Å². The van der Waals surface area contributed by atoms with Crippen LogP contribution in [0, 0.1) is 0 Å². The fourth-order valence-corrected chi connectivity index (χ4v) is 4.03. The normalized spacial score (nSPS) is 12.3. The van der Waals surface area contributed by atoms with E-state index in [1.54, 1.807) is 7.11 Å². The predicted molar refractivity (Wildman–Crippen MR) is 142 cm³/mol. The maximum Gasteiger partial charge on any atom is 0.133 e. The van der Waals surface area contributed by atoms with E-state index in [0.717, 1.165) is 54.2 Å². The molecule has 1 unspecified atom stereocenters. The van der Waals surface area contributed by atoms with Gasteiger partial charge < -0.3 is 14.0 Å². The number of benzene rings is 3. The van der Waals surface area contributed by atoms with Crippen molar-refractivity contribution >= 4 is 23.2 Å². The molecular weight excluding hydrogens is 420 g/mol. The molecule has 3 aromatic carbocycles. The lowest BCUT2D eigenvalue weighted by Gasteiger charge is -2.11. The molecule has 4 aromatic rings. The zero-order valence-corrected chi connectivity index (χ0v) is 20.4. The van der Waals surface area contributed by atoms with E-state index in [4.69, 9.17) is 14.5 Å². The number of fused-ring (bicyclic) bond motifs is 1. The third-order valence-corrected chi connectivity index (χ3v) is 6.33. The second-order valence-corrected chi connectivity index (χ2v) is 8.65. The van der Waals surface area contributed by atoms with E-state index in [1.807, 2.05) is 18.2 Å². The van der Waals surface area contributed by atoms with E-state index >= 15 is 0 Å². The van der Waals surface area contributed by atoms with Crippen LogP contribution in [0.1, 0.15) is 56.0 Å². The maximum atomic E-state index is 5.99. The van der Waals surface area contributed by atoms with E-state index in [9.17, 15) is 0 Å². The minimum Gasteiger partial charge on any atom is -0.497 e. The number of aryl methyl sites for hydroxylation is 1. The van der Waals surface area contributed by atoms with Crippen LogP contribution >= 0.6 is 0 Å². The molecule has 0 aliphatic rings. The van der Waals surface area contributed by atoms with Crippen molar-refractivity contribution in [1.82, 2.24) is 9.55 Å². The smallest absolute Gasteiger partial charge is 0.133 e. The molecule has 1 aromatic heterocycles. The van der Waals surface area contributed by atoms with Crippen molar-refractivity contribution in [3.05, 3.63) is 89.7 Å². The lowest BCUT2D eigenvalue weighted by molar-refractivity contribution is 0.303. The minimum absolute atomic E-state index is 0.590. The Kier molecular flexibility index (Phi) is 8.03. The van der Waals surface area contributed by atoms with Gasteiger partial charge in [0.2, 0.25) is 0 Å². The van der Waals surface area contributed by atoms with Gasteiger partial charge in [-0.1, -0.05) is 56.3 Å². The summed E-state index contributed by atoms with van der Waals surface area (Å²) in [6.45, 7) is 6.10. The van der Waals surface area contributed by atoms with Crippen LogP contribution in [-0.2, 0) is 6.54 Å². The molecule has 0 N–H and O–H groups in total. The van der Waals surface area contributed by atoms with Crippen LogP contribution in [0.2, 0.25) is 0 Å². The van der Waals surface area contributed by atoms with E-state index in [-0.39, 0.29) is 0 Å². The van der Waals surface area contributed by atoms with Crippen molar-refractivity contribution in [2.45, 2.75) is 45.6 Å². The summed E-state index contributed by atoms with van der Waals surface area (Å²) in [5.74, 6) is 3.37. The summed E-state index contributed by atoms with van der Waals surface area (Å²) in [6, 6.07) is 24.9. The SMILES string of the molecule is CCC(C)c1ccc(OCCCCn2c(/C=C/c3ccc(OC)cc3)nc3ccccc32)cc1. The van der Waals surface area contributed by atoms with Crippen molar-refractivity contribution in [3.63, 3.8) is 0 Å².